The van der Waals surface area contributed by atoms with E-state index >= 15 is 0 Å². The molecule has 19 heteroatoms. The van der Waals surface area contributed by atoms with Gasteiger partial charge in [0.1, 0.15) is 60.5 Å². The van der Waals surface area contributed by atoms with Gasteiger partial charge in [-0.1, -0.05) is 0 Å². The summed E-state index contributed by atoms with van der Waals surface area (Å²) >= 11 is 0. The summed E-state index contributed by atoms with van der Waals surface area (Å²) in [5.41, 5.74) is 14.2. The highest BCUT2D eigenvalue weighted by atomic mass is 16.8. The second-order valence-corrected chi connectivity index (χ2v) is 10.1. The third-order valence-electron chi connectivity index (χ3n) is 7.55. The number of guanidine groups is 2. The average Bonchev–Trinajstić information content (AvgIpc) is 3.13. The minimum atomic E-state index is -2.15. The van der Waals surface area contributed by atoms with E-state index in [1.165, 1.54) is 14.0 Å². The summed E-state index contributed by atoms with van der Waals surface area (Å²) in [6.07, 6.45) is -16.9. The lowest BCUT2D eigenvalue weighted by molar-refractivity contribution is -0.317. The molecule has 3 rings (SSSR count). The molecule has 0 aromatic heterocycles. The van der Waals surface area contributed by atoms with Crippen LogP contribution in [0.2, 0.25) is 0 Å². The Bertz CT molecular complexity index is 902. The maximum absolute atomic E-state index is 11.3. The van der Waals surface area contributed by atoms with E-state index in [1.54, 1.807) is 0 Å². The van der Waals surface area contributed by atoms with Gasteiger partial charge in [-0.2, -0.15) is 0 Å². The predicted molar refractivity (Wildman–Crippen MR) is 133 cm³/mol. The van der Waals surface area contributed by atoms with Crippen LogP contribution in [0.25, 0.3) is 0 Å². The van der Waals surface area contributed by atoms with Crippen LogP contribution in [0, 0.1) is 5.41 Å². The first-order valence-electron chi connectivity index (χ1n) is 12.5. The Morgan fingerprint density at radius 2 is 1.55 bits per heavy atom. The van der Waals surface area contributed by atoms with Crippen molar-refractivity contribution in [1.82, 2.24) is 10.6 Å². The maximum atomic E-state index is 11.3. The van der Waals surface area contributed by atoms with Gasteiger partial charge in [-0.3, -0.25) is 5.41 Å². The first-order valence-corrected chi connectivity index (χ1v) is 12.5. The Kier molecular flexibility index (Phi) is 10.5. The number of ether oxygens (including phenoxy) is 4. The Morgan fingerprint density at radius 3 is 2.08 bits per heavy atom. The van der Waals surface area contributed by atoms with Crippen molar-refractivity contribution in [3.8, 4) is 0 Å². The SMILES string of the molecule is CN[C@@H]1[C@H](O[C@H]2[C@H](OC3[C@@H](N=C(N)N)[C@H](O)[C@@H](NC(=N)N)[C@H](O)[C@H]3O)O[C@@H](C)[C@]2(O)CO)O[C@@H](CO)[C@H](O)[C@H]1O. The largest absolute Gasteiger partial charge is 0.394 e. The predicted octanol–water partition coefficient (Wildman–Crippen LogP) is -8.16. The van der Waals surface area contributed by atoms with E-state index in [9.17, 15) is 40.9 Å². The molecule has 1 unspecified atom stereocenters. The van der Waals surface area contributed by atoms with Gasteiger partial charge in [0.05, 0.1) is 31.4 Å². The van der Waals surface area contributed by atoms with Crippen LogP contribution < -0.4 is 27.8 Å². The molecule has 19 nitrogen and oxygen atoms in total. The van der Waals surface area contributed by atoms with Gasteiger partial charge in [-0.05, 0) is 14.0 Å². The lowest BCUT2D eigenvalue weighted by Crippen LogP contribution is -2.70. The summed E-state index contributed by atoms with van der Waals surface area (Å²) in [6.45, 7) is -0.204. The molecule has 0 radical (unpaired) electrons. The quantitative estimate of drug-likeness (QED) is 0.0884. The van der Waals surface area contributed by atoms with Crippen LogP contribution in [0.5, 0.6) is 0 Å². The van der Waals surface area contributed by atoms with Crippen molar-refractivity contribution in [3.05, 3.63) is 0 Å². The van der Waals surface area contributed by atoms with Crippen molar-refractivity contribution in [2.45, 2.75) is 98.2 Å². The maximum Gasteiger partial charge on any atom is 0.187 e. The van der Waals surface area contributed by atoms with Gasteiger partial charge >= 0.3 is 0 Å². The number of nitrogens with two attached hydrogens (primary N) is 3. The second kappa shape index (κ2) is 12.9. The highest BCUT2D eigenvalue weighted by molar-refractivity contribution is 5.76. The molecular formula is C21H41N7O12. The molecule has 2 saturated heterocycles. The molecule has 0 aromatic rings. The molecule has 232 valence electrons. The fourth-order valence-electron chi connectivity index (χ4n) is 5.22. The fourth-order valence-corrected chi connectivity index (χ4v) is 5.22. The zero-order valence-electron chi connectivity index (χ0n) is 21.9. The summed E-state index contributed by atoms with van der Waals surface area (Å²) in [5, 5.41) is 96.7. The van der Waals surface area contributed by atoms with Crippen molar-refractivity contribution in [1.29, 1.82) is 5.41 Å². The van der Waals surface area contributed by atoms with E-state index in [1.807, 2.05) is 0 Å². The molecule has 0 bridgehead atoms. The molecule has 0 aromatic carbocycles. The van der Waals surface area contributed by atoms with Crippen LogP contribution in [0.3, 0.4) is 0 Å². The van der Waals surface area contributed by atoms with Gasteiger partial charge < -0.3 is 87.6 Å². The van der Waals surface area contributed by atoms with Gasteiger partial charge in [0.15, 0.2) is 24.5 Å². The lowest BCUT2D eigenvalue weighted by atomic mass is 9.81. The number of nitrogens with zero attached hydrogens (tertiary/aromatic N) is 1. The van der Waals surface area contributed by atoms with E-state index in [2.05, 4.69) is 15.6 Å². The fraction of sp³-hybridized carbons (Fsp3) is 0.905. The number of likely N-dealkylation sites (N-methyl/N-ethyl adjacent to an activating group) is 1. The third kappa shape index (κ3) is 6.11. The number of hydrogen-bond donors (Lipinski definition) is 14. The molecule has 17 N–H and O–H groups in total. The van der Waals surface area contributed by atoms with Crippen LogP contribution in [0.15, 0.2) is 4.99 Å². The summed E-state index contributed by atoms with van der Waals surface area (Å²) in [6, 6.07) is -3.94. The molecule has 3 fully saturated rings. The second-order valence-electron chi connectivity index (χ2n) is 10.1. The van der Waals surface area contributed by atoms with E-state index in [0.717, 1.165) is 0 Å². The third-order valence-corrected chi connectivity index (χ3v) is 7.55. The average molecular weight is 584 g/mol. The molecule has 2 aliphatic heterocycles. The number of hydrogen-bond acceptors (Lipinski definition) is 15. The van der Waals surface area contributed by atoms with Crippen molar-refractivity contribution in [2.75, 3.05) is 20.3 Å². The molecular weight excluding hydrogens is 542 g/mol. The van der Waals surface area contributed by atoms with Crippen LogP contribution in [0.1, 0.15) is 6.92 Å². The van der Waals surface area contributed by atoms with E-state index in [4.69, 9.17) is 41.6 Å². The standard InChI is InChI=1S/C21H41N7O12/c1-5-21(36,4-30)16(40-17-9(26-2)13(34)10(31)6(3-29)38-17)18(37-5)39-15-8(28-20(24)25)11(32)7(27-19(22)23)12(33)14(15)35/h5-18,26,29-36H,3-4H2,1-2H3,(H4,22,23,27)(H4,24,25,28)/t5-,6-,7+,8-,9-,10-,11+,12-,13-,14+,15?,16-,17-,18-,21+/m0/s1. The molecule has 0 spiro atoms. The Balaban J connectivity index is 1.95. The zero-order valence-corrected chi connectivity index (χ0v) is 21.9. The van der Waals surface area contributed by atoms with Gasteiger partial charge in [0.2, 0.25) is 0 Å². The molecule has 15 atom stereocenters. The summed E-state index contributed by atoms with van der Waals surface area (Å²) in [4.78, 5) is 3.91. The smallest absolute Gasteiger partial charge is 0.187 e. The Labute approximate surface area is 229 Å². The molecule has 2 heterocycles. The van der Waals surface area contributed by atoms with Crippen molar-refractivity contribution < 1.29 is 59.8 Å². The lowest BCUT2D eigenvalue weighted by Gasteiger charge is -2.46. The highest BCUT2D eigenvalue weighted by Crippen LogP contribution is 2.39. The van der Waals surface area contributed by atoms with E-state index in [-0.39, 0.29) is 0 Å². The molecule has 3 aliphatic rings. The van der Waals surface area contributed by atoms with Crippen LogP contribution in [-0.4, -0.2) is 164 Å². The number of aliphatic hydroxyl groups is 8. The number of nitrogens with one attached hydrogen (secondary N) is 3. The topological polar surface area (TPSA) is 337 Å². The van der Waals surface area contributed by atoms with Crippen LogP contribution in [-0.2, 0) is 18.9 Å². The number of rotatable bonds is 9. The minimum absolute atomic E-state index is 0.516. The minimum Gasteiger partial charge on any atom is -0.394 e. The van der Waals surface area contributed by atoms with Gasteiger partial charge in [0, 0.05) is 0 Å². The molecule has 0 amide bonds. The van der Waals surface area contributed by atoms with Crippen molar-refractivity contribution >= 4 is 11.9 Å². The zero-order chi connectivity index (χ0) is 30.1. The summed E-state index contributed by atoms with van der Waals surface area (Å²) in [7, 11) is 1.44. The summed E-state index contributed by atoms with van der Waals surface area (Å²) in [5.74, 6) is -1.13. The van der Waals surface area contributed by atoms with Gasteiger partial charge in [0.25, 0.3) is 0 Å². The Hall–Kier alpha value is -1.98. The molecule has 1 saturated carbocycles. The van der Waals surface area contributed by atoms with Crippen LogP contribution in [0.4, 0.5) is 0 Å². The number of aliphatic hydroxyl groups excluding tert-OH is 7. The van der Waals surface area contributed by atoms with Crippen molar-refractivity contribution in [3.63, 3.8) is 0 Å². The molecule has 1 aliphatic carbocycles. The monoisotopic (exact) mass is 583 g/mol. The normalized spacial score (nSPS) is 47.5. The first kappa shape index (κ1) is 32.5. The van der Waals surface area contributed by atoms with Gasteiger partial charge in [-0.25, -0.2) is 4.99 Å². The number of aliphatic imine (C=N–C) groups is 1. The van der Waals surface area contributed by atoms with Gasteiger partial charge in [-0.15, -0.1) is 0 Å². The van der Waals surface area contributed by atoms with E-state index in [0.29, 0.717) is 0 Å². The Morgan fingerprint density at radius 1 is 0.925 bits per heavy atom. The van der Waals surface area contributed by atoms with Crippen LogP contribution >= 0.6 is 0 Å². The van der Waals surface area contributed by atoms with Crippen molar-refractivity contribution in [2.24, 2.45) is 22.2 Å². The first-order chi connectivity index (χ1) is 18.7. The molecule has 40 heavy (non-hydrogen) atoms. The van der Waals surface area contributed by atoms with E-state index < -0.39 is 116 Å². The highest BCUT2D eigenvalue weighted by Gasteiger charge is 2.60. The summed E-state index contributed by atoms with van der Waals surface area (Å²) < 4.78 is 23.2.